The molecule has 1 aromatic rings. The van der Waals surface area contributed by atoms with Crippen LogP contribution in [0, 0.1) is 23.0 Å². The number of nitrogens with zero attached hydrogens (tertiary/aromatic N) is 3. The first kappa shape index (κ1) is 33.5. The average molecular weight is 605 g/mol. The van der Waals surface area contributed by atoms with Gasteiger partial charge in [0.2, 0.25) is 5.91 Å². The quantitative estimate of drug-likeness (QED) is 0.457. The molecule has 1 aliphatic carbocycles. The number of hydrogen-bond donors (Lipinski definition) is 2. The molecule has 1 aromatic carbocycles. The van der Waals surface area contributed by atoms with Crippen molar-refractivity contribution >= 4 is 17.8 Å². The Labute approximate surface area is 255 Å². The molecule has 0 aromatic heterocycles. The van der Waals surface area contributed by atoms with Crippen molar-refractivity contribution in [1.29, 1.82) is 0 Å². The van der Waals surface area contributed by atoms with Crippen LogP contribution >= 0.6 is 0 Å². The van der Waals surface area contributed by atoms with Crippen LogP contribution in [0.3, 0.4) is 0 Å². The summed E-state index contributed by atoms with van der Waals surface area (Å²) in [7, 11) is 0. The van der Waals surface area contributed by atoms with E-state index in [0.29, 0.717) is 19.5 Å². The molecule has 1 saturated carbocycles. The number of nitrogens with two attached hydrogens (primary N) is 1. The fraction of sp³-hybridized carbons (Fsp3) is 0.727. The predicted octanol–water partition coefficient (Wildman–Crippen LogP) is 4.77. The third kappa shape index (κ3) is 6.66. The third-order valence-electron chi connectivity index (χ3n) is 10.4. The molecule has 2 saturated heterocycles. The lowest BCUT2D eigenvalue weighted by Crippen LogP contribution is -2.66. The first-order chi connectivity index (χ1) is 20.0. The number of likely N-dealkylation sites (tertiary alicyclic amines) is 2. The number of benzene rings is 1. The molecule has 3 N–H and O–H groups in total. The smallest absolute Gasteiger partial charge is 0.331 e. The van der Waals surface area contributed by atoms with E-state index in [4.69, 9.17) is 5.73 Å². The summed E-state index contributed by atoms with van der Waals surface area (Å²) in [4.78, 5) is 46.3. The fourth-order valence-electron chi connectivity index (χ4n) is 7.86. The molecule has 43 heavy (non-hydrogen) atoms. The van der Waals surface area contributed by atoms with E-state index in [1.807, 2.05) is 32.6 Å². The van der Waals surface area contributed by atoms with E-state index in [1.165, 1.54) is 12.1 Å². The van der Waals surface area contributed by atoms with E-state index in [2.05, 4.69) is 24.1 Å². The van der Waals surface area contributed by atoms with Crippen molar-refractivity contribution in [3.8, 4) is 0 Å². The highest BCUT2D eigenvalue weighted by Gasteiger charge is 2.62. The van der Waals surface area contributed by atoms with E-state index in [9.17, 15) is 18.8 Å². The summed E-state index contributed by atoms with van der Waals surface area (Å²) in [6.45, 7) is 15.5. The van der Waals surface area contributed by atoms with Crippen LogP contribution in [0.1, 0.15) is 92.1 Å². The molecule has 3 fully saturated rings. The van der Waals surface area contributed by atoms with Crippen molar-refractivity contribution in [3.63, 3.8) is 0 Å². The lowest BCUT2D eigenvalue weighted by molar-refractivity contribution is -0.787. The van der Waals surface area contributed by atoms with Gasteiger partial charge in [0.25, 0.3) is 0 Å². The number of carbonyl (C=O) groups excluding carboxylic acids is 3. The number of hydrogen-bond acceptors (Lipinski definition) is 5. The molecule has 0 bridgehead atoms. The third-order valence-corrected chi connectivity index (χ3v) is 10.4. The molecule has 10 heteroatoms. The van der Waals surface area contributed by atoms with E-state index in [-0.39, 0.29) is 60.0 Å². The van der Waals surface area contributed by atoms with Gasteiger partial charge in [-0.05, 0) is 70.4 Å². The van der Waals surface area contributed by atoms with Gasteiger partial charge < -0.3 is 16.0 Å². The number of urea groups is 1. The minimum absolute atomic E-state index is 0.0391. The summed E-state index contributed by atoms with van der Waals surface area (Å²) < 4.78 is 28.7. The zero-order valence-electron chi connectivity index (χ0n) is 27.1. The lowest BCUT2D eigenvalue weighted by atomic mass is 9.75. The van der Waals surface area contributed by atoms with Gasteiger partial charge in [-0.25, -0.2) is 18.4 Å². The molecule has 4 rings (SSSR count). The average Bonchev–Trinajstić information content (AvgIpc) is 3.50. The van der Waals surface area contributed by atoms with Gasteiger partial charge >= 0.3 is 11.9 Å². The molecule has 2 aliphatic heterocycles. The molecule has 2 heterocycles. The van der Waals surface area contributed by atoms with Crippen molar-refractivity contribution in [2.24, 2.45) is 17.1 Å². The van der Waals surface area contributed by atoms with Crippen molar-refractivity contribution in [2.45, 2.75) is 110 Å². The number of amides is 4. The van der Waals surface area contributed by atoms with Crippen LogP contribution in [0.25, 0.3) is 0 Å². The summed E-state index contributed by atoms with van der Waals surface area (Å²) in [5, 5.41) is 2.89. The Hall–Kier alpha value is -2.43. The Morgan fingerprint density at radius 2 is 1.77 bits per heavy atom. The van der Waals surface area contributed by atoms with E-state index in [1.54, 1.807) is 6.92 Å². The molecule has 5 atom stereocenters. The van der Waals surface area contributed by atoms with Crippen LogP contribution < -0.4 is 11.1 Å². The van der Waals surface area contributed by atoms with Crippen LogP contribution in [0.2, 0.25) is 0 Å². The minimum Gasteiger partial charge on any atom is -0.331 e. The maximum atomic E-state index is 15.2. The first-order valence-electron chi connectivity index (χ1n) is 15.9. The van der Waals surface area contributed by atoms with Crippen LogP contribution in [0.5, 0.6) is 0 Å². The van der Waals surface area contributed by atoms with Gasteiger partial charge in [0, 0.05) is 63.1 Å². The van der Waals surface area contributed by atoms with Crippen molar-refractivity contribution in [3.05, 3.63) is 35.4 Å². The number of halogens is 2. The molecular weight excluding hydrogens is 552 g/mol. The van der Waals surface area contributed by atoms with Gasteiger partial charge in [0.05, 0.1) is 12.0 Å². The maximum Gasteiger partial charge on any atom is 0.424 e. The topological polar surface area (TPSA) is 95.7 Å². The Morgan fingerprint density at radius 3 is 2.33 bits per heavy atom. The van der Waals surface area contributed by atoms with Gasteiger partial charge in [-0.1, -0.05) is 19.9 Å². The van der Waals surface area contributed by atoms with Gasteiger partial charge in [0.15, 0.2) is 0 Å². The summed E-state index contributed by atoms with van der Waals surface area (Å²) in [6.07, 6.45) is 4.30. The Kier molecular flexibility index (Phi) is 9.74. The number of carbonyl (C=O) groups is 3. The number of nitrogens with one attached hydrogen (secondary N) is 1. The zero-order chi connectivity index (χ0) is 31.9. The minimum atomic E-state index is -0.703. The first-order valence-corrected chi connectivity index (χ1v) is 15.9. The fourth-order valence-corrected chi connectivity index (χ4v) is 7.86. The second kappa shape index (κ2) is 12.5. The number of imide groups is 1. The molecular formula is C33H52F2N5O3+. The summed E-state index contributed by atoms with van der Waals surface area (Å²) in [5.41, 5.74) is 5.94. The second-order valence-electron chi connectivity index (χ2n) is 14.9. The normalized spacial score (nSPS) is 29.9. The Balaban J connectivity index is 1.74. The predicted molar refractivity (Wildman–Crippen MR) is 163 cm³/mol. The zero-order valence-corrected chi connectivity index (χ0v) is 27.1. The molecule has 8 nitrogen and oxygen atoms in total. The highest BCUT2D eigenvalue weighted by molar-refractivity contribution is 5.87. The van der Waals surface area contributed by atoms with Gasteiger partial charge in [-0.3, -0.25) is 9.69 Å². The highest BCUT2D eigenvalue weighted by atomic mass is 19.1. The Bertz CT molecular complexity index is 1210. The van der Waals surface area contributed by atoms with E-state index < -0.39 is 40.0 Å². The molecule has 3 aliphatic rings. The monoisotopic (exact) mass is 604 g/mol. The second-order valence-corrected chi connectivity index (χ2v) is 14.9. The van der Waals surface area contributed by atoms with Crippen LogP contribution in [-0.4, -0.2) is 88.5 Å². The largest absolute Gasteiger partial charge is 0.424 e. The molecule has 240 valence electrons. The van der Waals surface area contributed by atoms with Gasteiger partial charge in [-0.2, -0.15) is 4.48 Å². The standard InChI is InChI=1S/C33H51F2N5O3/c1-21-16-25(39(22(2)41)24-10-12-33(6,7)13-11-24)20-40(21,31(43)37-15-14-36)30(42)28-19-38(32(3,4)5)18-27(28)26-9-8-23(34)17-29(26)35/h8-9,17,21,24-25,27-28H,10-16,18-20,36H2,1-7H3/p+1/t21?,25-,27-,28+,40?/m0/s1. The lowest BCUT2D eigenvalue weighted by Gasteiger charge is -2.42. The maximum absolute atomic E-state index is 15.2. The van der Waals surface area contributed by atoms with Crippen LogP contribution in [-0.2, 0) is 9.59 Å². The van der Waals surface area contributed by atoms with E-state index in [0.717, 1.165) is 31.7 Å². The van der Waals surface area contributed by atoms with Gasteiger partial charge in [0.1, 0.15) is 24.2 Å². The molecule has 0 radical (unpaired) electrons. The Morgan fingerprint density at radius 1 is 1.12 bits per heavy atom. The van der Waals surface area contributed by atoms with Crippen LogP contribution in [0.4, 0.5) is 13.6 Å². The summed E-state index contributed by atoms with van der Waals surface area (Å²) >= 11 is 0. The van der Waals surface area contributed by atoms with Crippen molar-refractivity contribution in [1.82, 2.24) is 15.1 Å². The molecule has 4 amide bonds. The van der Waals surface area contributed by atoms with Crippen LogP contribution in [0.15, 0.2) is 18.2 Å². The SMILES string of the molecule is CC(=O)N(C1CCC(C)(C)CC1)[C@H]1CC(C)[N+](C(=O)NCCN)(C(=O)[C@@H]2CN(C(C)(C)C)C[C@H]2c2ccc(F)cc2F)C1. The van der Waals surface area contributed by atoms with Crippen molar-refractivity contribution in [2.75, 3.05) is 32.7 Å². The van der Waals surface area contributed by atoms with E-state index >= 15 is 4.39 Å². The molecule has 2 unspecified atom stereocenters. The highest BCUT2D eigenvalue weighted by Crippen LogP contribution is 2.44. The number of rotatable bonds is 6. The van der Waals surface area contributed by atoms with Crippen molar-refractivity contribution < 1.29 is 27.6 Å². The van der Waals surface area contributed by atoms with Gasteiger partial charge in [-0.15, -0.1) is 0 Å². The number of quaternary nitrogens is 1. The summed E-state index contributed by atoms with van der Waals surface area (Å²) in [5.74, 6) is -2.94. The molecule has 0 spiro atoms. The summed E-state index contributed by atoms with van der Waals surface area (Å²) in [6, 6.07) is 2.47.